The third-order valence-electron chi connectivity index (χ3n) is 1.74. The molecule has 4 nitrogen and oxygen atoms in total. The van der Waals surface area contributed by atoms with Crippen LogP contribution in [0.15, 0.2) is 41.3 Å². The Hall–Kier alpha value is -1.84. The quantitative estimate of drug-likeness (QED) is 0.322. The third kappa shape index (κ3) is 5.80. The molecule has 0 aromatic carbocycles. The number of aliphatic imine (C=N–C) groups is 1. The van der Waals surface area contributed by atoms with Gasteiger partial charge in [0.2, 0.25) is 0 Å². The first-order chi connectivity index (χ1) is 7.51. The molecule has 0 rings (SSSR count). The van der Waals surface area contributed by atoms with E-state index in [-0.39, 0.29) is 12.5 Å². The van der Waals surface area contributed by atoms with Crippen LogP contribution in [0.5, 0.6) is 0 Å². The van der Waals surface area contributed by atoms with Crippen LogP contribution in [0, 0.1) is 0 Å². The van der Waals surface area contributed by atoms with Crippen LogP contribution in [0.4, 0.5) is 0 Å². The zero-order valence-corrected chi connectivity index (χ0v) is 10.0. The van der Waals surface area contributed by atoms with Crippen LogP contribution in [-0.2, 0) is 9.53 Å². The fraction of sp³-hybridized carbons (Fsp3) is 0.333. The van der Waals surface area contributed by atoms with Gasteiger partial charge in [-0.15, -0.1) is 0 Å². The van der Waals surface area contributed by atoms with Gasteiger partial charge in [-0.25, -0.2) is 0 Å². The molecule has 0 spiro atoms. The van der Waals surface area contributed by atoms with Crippen molar-refractivity contribution in [2.45, 2.75) is 13.8 Å². The molecule has 1 amide bonds. The van der Waals surface area contributed by atoms with Crippen molar-refractivity contribution in [1.82, 2.24) is 5.32 Å². The Balaban J connectivity index is 4.25. The van der Waals surface area contributed by atoms with E-state index in [9.17, 15) is 4.79 Å². The molecule has 0 fully saturated rings. The van der Waals surface area contributed by atoms with Crippen LogP contribution in [0.25, 0.3) is 0 Å². The van der Waals surface area contributed by atoms with Crippen LogP contribution < -0.4 is 5.32 Å². The maximum Gasteiger partial charge on any atom is 0.251 e. The van der Waals surface area contributed by atoms with Crippen molar-refractivity contribution in [3.63, 3.8) is 0 Å². The topological polar surface area (TPSA) is 50.7 Å². The van der Waals surface area contributed by atoms with Crippen molar-refractivity contribution in [3.8, 4) is 0 Å². The van der Waals surface area contributed by atoms with E-state index < -0.39 is 0 Å². The highest BCUT2D eigenvalue weighted by molar-refractivity contribution is 5.95. The number of hydrogen-bond acceptors (Lipinski definition) is 3. The van der Waals surface area contributed by atoms with E-state index in [4.69, 9.17) is 4.74 Å². The third-order valence-corrected chi connectivity index (χ3v) is 1.74. The van der Waals surface area contributed by atoms with Crippen LogP contribution in [-0.4, -0.2) is 25.8 Å². The Labute approximate surface area is 96.4 Å². The summed E-state index contributed by atoms with van der Waals surface area (Å²) in [6, 6.07) is 0. The number of nitrogens with zero attached hydrogens (tertiary/aromatic N) is 1. The van der Waals surface area contributed by atoms with Gasteiger partial charge in [0.1, 0.15) is 5.76 Å². The smallest absolute Gasteiger partial charge is 0.251 e. The van der Waals surface area contributed by atoms with E-state index in [0.29, 0.717) is 11.3 Å². The minimum atomic E-state index is -0.260. The van der Waals surface area contributed by atoms with E-state index in [2.05, 4.69) is 23.5 Å². The highest BCUT2D eigenvalue weighted by atomic mass is 16.5. The predicted molar refractivity (Wildman–Crippen MR) is 66.2 cm³/mol. The second kappa shape index (κ2) is 7.45. The number of methoxy groups -OCH3 is 1. The van der Waals surface area contributed by atoms with E-state index in [1.165, 1.54) is 7.11 Å². The number of allylic oxidation sites excluding steroid dienone is 1. The summed E-state index contributed by atoms with van der Waals surface area (Å²) in [6.45, 7) is 11.1. The van der Waals surface area contributed by atoms with Crippen LogP contribution in [0.1, 0.15) is 13.8 Å². The maximum atomic E-state index is 11.5. The Bertz CT molecular complexity index is 341. The molecule has 0 aliphatic heterocycles. The Kier molecular flexibility index (Phi) is 6.59. The number of ether oxygens (including phenoxy) is 1. The van der Waals surface area contributed by atoms with Gasteiger partial charge in [-0.1, -0.05) is 13.2 Å². The van der Waals surface area contributed by atoms with Crippen molar-refractivity contribution in [2.75, 3.05) is 13.7 Å². The van der Waals surface area contributed by atoms with E-state index >= 15 is 0 Å². The Morgan fingerprint density at radius 1 is 1.50 bits per heavy atom. The molecule has 0 unspecified atom stereocenters. The van der Waals surface area contributed by atoms with Crippen molar-refractivity contribution < 1.29 is 9.53 Å². The van der Waals surface area contributed by atoms with Crippen LogP contribution in [0.2, 0.25) is 0 Å². The SMILES string of the molecule is C=C(CNC(=O)C(=C)/C=C(\C)N=CC)OC. The summed E-state index contributed by atoms with van der Waals surface area (Å²) in [7, 11) is 1.50. The highest BCUT2D eigenvalue weighted by Gasteiger charge is 2.04. The second-order valence-corrected chi connectivity index (χ2v) is 3.12. The molecular weight excluding hydrogens is 204 g/mol. The summed E-state index contributed by atoms with van der Waals surface area (Å²) >= 11 is 0. The summed E-state index contributed by atoms with van der Waals surface area (Å²) in [6.07, 6.45) is 3.27. The molecule has 4 heteroatoms. The van der Waals surface area contributed by atoms with Gasteiger partial charge in [0.25, 0.3) is 5.91 Å². The lowest BCUT2D eigenvalue weighted by Crippen LogP contribution is -2.26. The molecular formula is C12H18N2O2. The summed E-state index contributed by atoms with van der Waals surface area (Å²) in [5, 5.41) is 2.62. The number of carbonyl (C=O) groups excluding carboxylic acids is 1. The van der Waals surface area contributed by atoms with Crippen molar-refractivity contribution >= 4 is 12.1 Å². The lowest BCUT2D eigenvalue weighted by molar-refractivity contribution is -0.117. The van der Waals surface area contributed by atoms with Crippen molar-refractivity contribution in [2.24, 2.45) is 4.99 Å². The maximum absolute atomic E-state index is 11.5. The number of hydrogen-bond donors (Lipinski definition) is 1. The Morgan fingerprint density at radius 2 is 2.12 bits per heavy atom. The van der Waals surface area contributed by atoms with Gasteiger partial charge in [0.05, 0.1) is 13.7 Å². The lowest BCUT2D eigenvalue weighted by Gasteiger charge is -2.06. The Morgan fingerprint density at radius 3 is 2.62 bits per heavy atom. The molecule has 88 valence electrons. The summed E-state index contributed by atoms with van der Waals surface area (Å²) in [5.41, 5.74) is 1.08. The molecule has 0 aliphatic carbocycles. The lowest BCUT2D eigenvalue weighted by atomic mass is 10.2. The molecule has 0 bridgehead atoms. The first-order valence-electron chi connectivity index (χ1n) is 4.87. The molecule has 0 aromatic rings. The van der Waals surface area contributed by atoms with Gasteiger partial charge < -0.3 is 10.1 Å². The number of carbonyl (C=O) groups is 1. The van der Waals surface area contributed by atoms with Gasteiger partial charge >= 0.3 is 0 Å². The molecule has 0 atom stereocenters. The molecule has 0 aromatic heterocycles. The summed E-state index contributed by atoms with van der Waals surface area (Å²) < 4.78 is 4.82. The van der Waals surface area contributed by atoms with Crippen molar-refractivity contribution in [3.05, 3.63) is 36.3 Å². The average molecular weight is 222 g/mol. The fourth-order valence-corrected chi connectivity index (χ4v) is 0.923. The number of rotatable bonds is 6. The minimum absolute atomic E-state index is 0.260. The first kappa shape index (κ1) is 14.2. The second-order valence-electron chi connectivity index (χ2n) is 3.12. The minimum Gasteiger partial charge on any atom is -0.500 e. The molecule has 0 aliphatic rings. The molecule has 16 heavy (non-hydrogen) atoms. The first-order valence-corrected chi connectivity index (χ1v) is 4.87. The largest absolute Gasteiger partial charge is 0.500 e. The predicted octanol–water partition coefficient (Wildman–Crippen LogP) is 1.81. The number of nitrogens with one attached hydrogen (secondary N) is 1. The molecule has 1 N–H and O–H groups in total. The van der Waals surface area contributed by atoms with E-state index in [0.717, 1.165) is 5.70 Å². The van der Waals surface area contributed by atoms with E-state index in [1.807, 2.05) is 6.92 Å². The highest BCUT2D eigenvalue weighted by Crippen LogP contribution is 2.01. The van der Waals surface area contributed by atoms with Gasteiger partial charge in [0, 0.05) is 17.5 Å². The fourth-order valence-electron chi connectivity index (χ4n) is 0.923. The summed E-state index contributed by atoms with van der Waals surface area (Å²) in [4.78, 5) is 15.5. The van der Waals surface area contributed by atoms with Gasteiger partial charge in [-0.05, 0) is 19.9 Å². The van der Waals surface area contributed by atoms with Gasteiger partial charge in [0.15, 0.2) is 0 Å². The molecule has 0 radical (unpaired) electrons. The van der Waals surface area contributed by atoms with Crippen molar-refractivity contribution in [1.29, 1.82) is 0 Å². The van der Waals surface area contributed by atoms with E-state index in [1.54, 1.807) is 19.2 Å². The van der Waals surface area contributed by atoms with Gasteiger partial charge in [-0.2, -0.15) is 0 Å². The zero-order valence-electron chi connectivity index (χ0n) is 10.0. The standard InChI is InChI=1S/C12H18N2O2/c1-6-13-10(3)7-9(2)12(15)14-8-11(4)16-5/h6-7H,2,4,8H2,1,3,5H3,(H,14,15)/b10-7+,13-6?. The molecule has 0 saturated carbocycles. The van der Waals surface area contributed by atoms with Gasteiger partial charge in [-0.3, -0.25) is 9.79 Å². The monoisotopic (exact) mass is 222 g/mol. The van der Waals surface area contributed by atoms with Crippen LogP contribution in [0.3, 0.4) is 0 Å². The van der Waals surface area contributed by atoms with Crippen LogP contribution >= 0.6 is 0 Å². The molecule has 0 heterocycles. The number of amides is 1. The zero-order chi connectivity index (χ0) is 12.6. The average Bonchev–Trinajstić information content (AvgIpc) is 2.25. The normalized spacial score (nSPS) is 11.3. The molecule has 0 saturated heterocycles. The summed E-state index contributed by atoms with van der Waals surface area (Å²) in [5.74, 6) is 0.234.